The molecule has 2 rings (SSSR count). The van der Waals surface area contributed by atoms with Gasteiger partial charge in [-0.25, -0.2) is 0 Å². The average Bonchev–Trinajstić information content (AvgIpc) is 2.38. The SMILES string of the molecule is CC1CN(C2CCC(C(C)(C)C)CC2)C(CO)CN1. The molecule has 2 atom stereocenters. The molecule has 19 heavy (non-hydrogen) atoms. The molecule has 3 nitrogen and oxygen atoms in total. The van der Waals surface area contributed by atoms with E-state index in [9.17, 15) is 5.11 Å². The van der Waals surface area contributed by atoms with Crippen LogP contribution in [-0.2, 0) is 0 Å². The van der Waals surface area contributed by atoms with E-state index in [1.807, 2.05) is 0 Å². The van der Waals surface area contributed by atoms with Crippen molar-refractivity contribution in [2.75, 3.05) is 19.7 Å². The fourth-order valence-electron chi connectivity index (χ4n) is 3.87. The molecule has 2 fully saturated rings. The van der Waals surface area contributed by atoms with Gasteiger partial charge < -0.3 is 10.4 Å². The summed E-state index contributed by atoms with van der Waals surface area (Å²) in [5, 5.41) is 13.1. The van der Waals surface area contributed by atoms with Gasteiger partial charge in [-0.2, -0.15) is 0 Å². The summed E-state index contributed by atoms with van der Waals surface area (Å²) in [6.45, 7) is 11.7. The highest BCUT2D eigenvalue weighted by atomic mass is 16.3. The molecule has 2 N–H and O–H groups in total. The van der Waals surface area contributed by atoms with Gasteiger partial charge in [0.2, 0.25) is 0 Å². The summed E-state index contributed by atoms with van der Waals surface area (Å²) >= 11 is 0. The van der Waals surface area contributed by atoms with E-state index in [0.29, 0.717) is 30.1 Å². The van der Waals surface area contributed by atoms with Gasteiger partial charge in [0.05, 0.1) is 6.61 Å². The molecule has 0 aromatic rings. The molecule has 1 aliphatic carbocycles. The lowest BCUT2D eigenvalue weighted by atomic mass is 9.71. The Bertz CT molecular complexity index is 279. The van der Waals surface area contributed by atoms with Gasteiger partial charge in [-0.1, -0.05) is 20.8 Å². The van der Waals surface area contributed by atoms with Gasteiger partial charge in [-0.05, 0) is 43.9 Å². The molecular formula is C16H32N2O. The molecule has 2 unspecified atom stereocenters. The molecule has 0 radical (unpaired) electrons. The molecule has 0 aromatic carbocycles. The lowest BCUT2D eigenvalue weighted by molar-refractivity contribution is 0.0173. The standard InChI is InChI=1S/C16H32N2O/c1-12-10-18(15(11-19)9-17-12)14-7-5-13(6-8-14)16(2,3)4/h12-15,17,19H,5-11H2,1-4H3. The van der Waals surface area contributed by atoms with Crippen molar-refractivity contribution in [2.24, 2.45) is 11.3 Å². The third-order valence-corrected chi connectivity index (χ3v) is 5.26. The van der Waals surface area contributed by atoms with Crippen molar-refractivity contribution < 1.29 is 5.11 Å². The van der Waals surface area contributed by atoms with Gasteiger partial charge >= 0.3 is 0 Å². The van der Waals surface area contributed by atoms with Crippen LogP contribution in [0.5, 0.6) is 0 Å². The highest BCUT2D eigenvalue weighted by Crippen LogP contribution is 2.39. The number of aliphatic hydroxyl groups excluding tert-OH is 1. The summed E-state index contributed by atoms with van der Waals surface area (Å²) in [5.74, 6) is 0.872. The van der Waals surface area contributed by atoms with Crippen LogP contribution in [-0.4, -0.2) is 47.8 Å². The number of hydrogen-bond donors (Lipinski definition) is 2. The van der Waals surface area contributed by atoms with E-state index in [2.05, 4.69) is 37.9 Å². The number of rotatable bonds is 2. The first kappa shape index (κ1) is 15.3. The lowest BCUT2D eigenvalue weighted by Crippen LogP contribution is -2.60. The van der Waals surface area contributed by atoms with E-state index in [1.165, 1.54) is 25.7 Å². The van der Waals surface area contributed by atoms with Gasteiger partial charge in [0.1, 0.15) is 0 Å². The molecule has 3 heteroatoms. The van der Waals surface area contributed by atoms with E-state index in [0.717, 1.165) is 19.0 Å². The summed E-state index contributed by atoms with van der Waals surface area (Å²) in [6, 6.07) is 1.58. The average molecular weight is 268 g/mol. The number of hydrogen-bond acceptors (Lipinski definition) is 3. The first-order valence-corrected chi connectivity index (χ1v) is 8.01. The smallest absolute Gasteiger partial charge is 0.0599 e. The second kappa shape index (κ2) is 6.11. The summed E-state index contributed by atoms with van der Waals surface area (Å²) in [4.78, 5) is 2.58. The van der Waals surface area contributed by atoms with E-state index >= 15 is 0 Å². The highest BCUT2D eigenvalue weighted by molar-refractivity contribution is 4.91. The quantitative estimate of drug-likeness (QED) is 0.806. The van der Waals surface area contributed by atoms with Crippen molar-refractivity contribution in [2.45, 2.75) is 71.5 Å². The predicted octanol–water partition coefficient (Wildman–Crippen LogP) is 2.25. The minimum absolute atomic E-state index is 0.291. The zero-order valence-electron chi connectivity index (χ0n) is 13.2. The Morgan fingerprint density at radius 3 is 2.32 bits per heavy atom. The Morgan fingerprint density at radius 1 is 1.16 bits per heavy atom. The largest absolute Gasteiger partial charge is 0.395 e. The highest BCUT2D eigenvalue weighted by Gasteiger charge is 2.36. The fraction of sp³-hybridized carbons (Fsp3) is 1.00. The number of nitrogens with zero attached hydrogens (tertiary/aromatic N) is 1. The zero-order chi connectivity index (χ0) is 14.0. The molecular weight excluding hydrogens is 236 g/mol. The van der Waals surface area contributed by atoms with Crippen LogP contribution >= 0.6 is 0 Å². The van der Waals surface area contributed by atoms with E-state index < -0.39 is 0 Å². The van der Waals surface area contributed by atoms with Crippen molar-refractivity contribution >= 4 is 0 Å². The number of aliphatic hydroxyl groups is 1. The van der Waals surface area contributed by atoms with Crippen LogP contribution in [0.2, 0.25) is 0 Å². The Labute approximate surface area is 118 Å². The first-order valence-electron chi connectivity index (χ1n) is 8.01. The normalized spacial score (nSPS) is 38.4. The molecule has 1 aliphatic heterocycles. The maximum atomic E-state index is 9.58. The van der Waals surface area contributed by atoms with Crippen molar-refractivity contribution in [3.8, 4) is 0 Å². The third-order valence-electron chi connectivity index (χ3n) is 5.26. The molecule has 0 bridgehead atoms. The van der Waals surface area contributed by atoms with Gasteiger partial charge in [-0.15, -0.1) is 0 Å². The first-order chi connectivity index (χ1) is 8.91. The second-order valence-electron chi connectivity index (χ2n) is 7.71. The van der Waals surface area contributed by atoms with Crippen LogP contribution in [0.3, 0.4) is 0 Å². The third kappa shape index (κ3) is 3.71. The Kier molecular flexibility index (Phi) is 4.91. The Balaban J connectivity index is 1.92. The molecule has 0 amide bonds. The molecule has 0 aromatic heterocycles. The molecule has 1 saturated heterocycles. The van der Waals surface area contributed by atoms with Crippen molar-refractivity contribution in [1.82, 2.24) is 10.2 Å². The monoisotopic (exact) mass is 268 g/mol. The Morgan fingerprint density at radius 2 is 1.79 bits per heavy atom. The molecule has 112 valence electrons. The van der Waals surface area contributed by atoms with Crippen LogP contribution in [0, 0.1) is 11.3 Å². The summed E-state index contributed by atoms with van der Waals surface area (Å²) < 4.78 is 0. The summed E-state index contributed by atoms with van der Waals surface area (Å²) in [5.41, 5.74) is 0.456. The van der Waals surface area contributed by atoms with Crippen molar-refractivity contribution in [3.63, 3.8) is 0 Å². The van der Waals surface area contributed by atoms with Crippen LogP contribution in [0.15, 0.2) is 0 Å². The molecule has 1 saturated carbocycles. The van der Waals surface area contributed by atoms with Crippen LogP contribution in [0.25, 0.3) is 0 Å². The van der Waals surface area contributed by atoms with Crippen LogP contribution < -0.4 is 5.32 Å². The van der Waals surface area contributed by atoms with Crippen molar-refractivity contribution in [3.05, 3.63) is 0 Å². The minimum Gasteiger partial charge on any atom is -0.395 e. The van der Waals surface area contributed by atoms with Gasteiger partial charge in [-0.3, -0.25) is 4.90 Å². The fourth-order valence-corrected chi connectivity index (χ4v) is 3.87. The van der Waals surface area contributed by atoms with Crippen LogP contribution in [0.1, 0.15) is 53.4 Å². The zero-order valence-corrected chi connectivity index (χ0v) is 13.2. The van der Waals surface area contributed by atoms with Crippen molar-refractivity contribution in [1.29, 1.82) is 0 Å². The summed E-state index contributed by atoms with van der Waals surface area (Å²) in [7, 11) is 0. The lowest BCUT2D eigenvalue weighted by Gasteiger charge is -2.47. The maximum absolute atomic E-state index is 9.58. The number of piperazine rings is 1. The van der Waals surface area contributed by atoms with Gasteiger partial charge in [0, 0.05) is 31.2 Å². The predicted molar refractivity (Wildman–Crippen MR) is 80.2 cm³/mol. The van der Waals surface area contributed by atoms with E-state index in [1.54, 1.807) is 0 Å². The second-order valence-corrected chi connectivity index (χ2v) is 7.71. The minimum atomic E-state index is 0.291. The topological polar surface area (TPSA) is 35.5 Å². The molecule has 1 heterocycles. The molecule has 2 aliphatic rings. The Hall–Kier alpha value is -0.120. The number of nitrogens with one attached hydrogen (secondary N) is 1. The van der Waals surface area contributed by atoms with Gasteiger partial charge in [0.25, 0.3) is 0 Å². The summed E-state index contributed by atoms with van der Waals surface area (Å²) in [6.07, 6.45) is 5.32. The van der Waals surface area contributed by atoms with E-state index in [4.69, 9.17) is 0 Å². The molecule has 0 spiro atoms. The van der Waals surface area contributed by atoms with Crippen LogP contribution in [0.4, 0.5) is 0 Å². The van der Waals surface area contributed by atoms with Gasteiger partial charge in [0.15, 0.2) is 0 Å². The maximum Gasteiger partial charge on any atom is 0.0599 e. The van der Waals surface area contributed by atoms with E-state index in [-0.39, 0.29) is 0 Å².